The van der Waals surface area contributed by atoms with Crippen molar-refractivity contribution in [3.05, 3.63) is 23.7 Å². The van der Waals surface area contributed by atoms with E-state index in [1.807, 2.05) is 6.92 Å². The lowest BCUT2D eigenvalue weighted by Gasteiger charge is -2.30. The molecule has 4 nitrogen and oxygen atoms in total. The van der Waals surface area contributed by atoms with Crippen LogP contribution in [0, 0.1) is 12.8 Å². The van der Waals surface area contributed by atoms with E-state index >= 15 is 0 Å². The molecule has 4 heteroatoms. The van der Waals surface area contributed by atoms with Gasteiger partial charge in [0.15, 0.2) is 5.76 Å². The van der Waals surface area contributed by atoms with Gasteiger partial charge in [-0.05, 0) is 44.4 Å². The van der Waals surface area contributed by atoms with Gasteiger partial charge in [0.25, 0.3) is 5.91 Å². The lowest BCUT2D eigenvalue weighted by Crippen LogP contribution is -2.40. The summed E-state index contributed by atoms with van der Waals surface area (Å²) in [6, 6.07) is 3.52. The van der Waals surface area contributed by atoms with Gasteiger partial charge in [-0.15, -0.1) is 0 Å². The smallest absolute Gasteiger partial charge is 0.287 e. The number of likely N-dealkylation sites (tertiary alicyclic amines) is 1. The molecule has 1 fully saturated rings. The average molecular weight is 250 g/mol. The van der Waals surface area contributed by atoms with Gasteiger partial charge in [-0.2, -0.15) is 0 Å². The number of piperidine rings is 1. The predicted molar refractivity (Wildman–Crippen MR) is 70.6 cm³/mol. The zero-order valence-corrected chi connectivity index (χ0v) is 11.2. The summed E-state index contributed by atoms with van der Waals surface area (Å²) >= 11 is 0. The molecule has 18 heavy (non-hydrogen) atoms. The van der Waals surface area contributed by atoms with Gasteiger partial charge in [0.05, 0.1) is 0 Å². The number of carbonyl (C=O) groups excluding carboxylic acids is 1. The number of hydrogen-bond acceptors (Lipinski definition) is 3. The maximum Gasteiger partial charge on any atom is 0.287 e. The molecule has 0 unspecified atom stereocenters. The van der Waals surface area contributed by atoms with Crippen LogP contribution in [0.15, 0.2) is 16.5 Å². The van der Waals surface area contributed by atoms with Crippen molar-refractivity contribution in [2.75, 3.05) is 26.2 Å². The molecule has 1 saturated heterocycles. The third-order valence-electron chi connectivity index (χ3n) is 3.42. The molecule has 0 radical (unpaired) electrons. The molecule has 100 valence electrons. The van der Waals surface area contributed by atoms with Crippen molar-refractivity contribution in [3.63, 3.8) is 0 Å². The second-order valence-corrected chi connectivity index (χ2v) is 5.21. The van der Waals surface area contributed by atoms with Crippen LogP contribution in [0.3, 0.4) is 0 Å². The summed E-state index contributed by atoms with van der Waals surface area (Å²) in [6.45, 7) is 8.04. The maximum atomic E-state index is 11.7. The maximum absolute atomic E-state index is 11.7. The van der Waals surface area contributed by atoms with Crippen molar-refractivity contribution >= 4 is 5.91 Å². The first-order valence-corrected chi connectivity index (χ1v) is 6.72. The lowest BCUT2D eigenvalue weighted by atomic mass is 10.0. The first-order chi connectivity index (χ1) is 8.65. The van der Waals surface area contributed by atoms with Crippen molar-refractivity contribution in [2.45, 2.75) is 26.7 Å². The Morgan fingerprint density at radius 2 is 2.39 bits per heavy atom. The molecule has 1 aliphatic heterocycles. The number of amides is 1. The van der Waals surface area contributed by atoms with E-state index in [-0.39, 0.29) is 5.91 Å². The number of carbonyl (C=O) groups is 1. The first-order valence-electron chi connectivity index (χ1n) is 6.72. The average Bonchev–Trinajstić information content (AvgIpc) is 2.76. The fourth-order valence-corrected chi connectivity index (χ4v) is 2.46. The molecular formula is C14H22N2O2. The molecule has 1 atom stereocenters. The highest BCUT2D eigenvalue weighted by Crippen LogP contribution is 2.14. The molecule has 1 amide bonds. The van der Waals surface area contributed by atoms with Crippen molar-refractivity contribution in [2.24, 2.45) is 5.92 Å². The summed E-state index contributed by atoms with van der Waals surface area (Å²) in [5.41, 5.74) is 0. The fraction of sp³-hybridized carbons (Fsp3) is 0.643. The first kappa shape index (κ1) is 13.1. The predicted octanol–water partition coefficient (Wildman–Crippen LogP) is 2.05. The standard InChI is InChI=1S/C14H22N2O2/c1-11-4-3-8-16(10-11)9-7-15-14(17)13-6-5-12(2)18-13/h5-6,11H,3-4,7-10H2,1-2H3,(H,15,17)/t11-/m0/s1. The van der Waals surface area contributed by atoms with Gasteiger partial charge >= 0.3 is 0 Å². The summed E-state index contributed by atoms with van der Waals surface area (Å²) in [5, 5.41) is 2.90. The van der Waals surface area contributed by atoms with Crippen molar-refractivity contribution < 1.29 is 9.21 Å². The van der Waals surface area contributed by atoms with Gasteiger partial charge < -0.3 is 14.6 Å². The van der Waals surface area contributed by atoms with E-state index in [1.54, 1.807) is 12.1 Å². The Kier molecular flexibility index (Phi) is 4.42. The molecule has 1 aliphatic rings. The van der Waals surface area contributed by atoms with Crippen LogP contribution < -0.4 is 5.32 Å². The monoisotopic (exact) mass is 250 g/mol. The Hall–Kier alpha value is -1.29. The van der Waals surface area contributed by atoms with Crippen molar-refractivity contribution in [1.29, 1.82) is 0 Å². The number of furan rings is 1. The number of hydrogen-bond donors (Lipinski definition) is 1. The quantitative estimate of drug-likeness (QED) is 0.889. The number of nitrogens with one attached hydrogen (secondary N) is 1. The van der Waals surface area contributed by atoms with E-state index in [1.165, 1.54) is 12.8 Å². The minimum Gasteiger partial charge on any atom is -0.456 e. The highest BCUT2D eigenvalue weighted by molar-refractivity contribution is 5.91. The summed E-state index contributed by atoms with van der Waals surface area (Å²) in [6.07, 6.45) is 2.60. The van der Waals surface area contributed by atoms with E-state index in [2.05, 4.69) is 17.1 Å². The number of aryl methyl sites for hydroxylation is 1. The third kappa shape index (κ3) is 3.60. The van der Waals surface area contributed by atoms with Gasteiger partial charge in [0, 0.05) is 19.6 Å². The normalized spacial score (nSPS) is 20.9. The number of rotatable bonds is 4. The minimum atomic E-state index is -0.117. The highest BCUT2D eigenvalue weighted by Gasteiger charge is 2.16. The Labute approximate surface area is 108 Å². The summed E-state index contributed by atoms with van der Waals surface area (Å²) in [7, 11) is 0. The van der Waals surface area contributed by atoms with Gasteiger partial charge in [-0.3, -0.25) is 4.79 Å². The molecule has 1 aromatic heterocycles. The van der Waals surface area contributed by atoms with Gasteiger partial charge in [-0.25, -0.2) is 0 Å². The Morgan fingerprint density at radius 1 is 1.56 bits per heavy atom. The molecule has 2 rings (SSSR count). The van der Waals surface area contributed by atoms with Crippen molar-refractivity contribution in [1.82, 2.24) is 10.2 Å². The molecular weight excluding hydrogens is 228 g/mol. The van der Waals surface area contributed by atoms with Crippen LogP contribution in [-0.2, 0) is 0 Å². The summed E-state index contributed by atoms with van der Waals surface area (Å²) < 4.78 is 5.28. The highest BCUT2D eigenvalue weighted by atomic mass is 16.3. The topological polar surface area (TPSA) is 45.5 Å². The zero-order chi connectivity index (χ0) is 13.0. The Balaban J connectivity index is 1.70. The van der Waals surface area contributed by atoms with Gasteiger partial charge in [0.2, 0.25) is 0 Å². The Morgan fingerprint density at radius 3 is 3.06 bits per heavy atom. The van der Waals surface area contributed by atoms with E-state index in [4.69, 9.17) is 4.42 Å². The second kappa shape index (κ2) is 6.05. The van der Waals surface area contributed by atoms with Crippen molar-refractivity contribution in [3.8, 4) is 0 Å². The fourth-order valence-electron chi connectivity index (χ4n) is 2.46. The molecule has 0 aliphatic carbocycles. The molecule has 0 bridgehead atoms. The van der Waals surface area contributed by atoms with E-state index in [9.17, 15) is 4.79 Å². The number of nitrogens with zero attached hydrogens (tertiary/aromatic N) is 1. The molecule has 2 heterocycles. The SMILES string of the molecule is Cc1ccc(C(=O)NCCN2CCC[C@H](C)C2)o1. The van der Waals surface area contributed by atoms with Crippen LogP contribution in [0.25, 0.3) is 0 Å². The van der Waals surface area contributed by atoms with E-state index in [0.717, 1.165) is 31.3 Å². The van der Waals surface area contributed by atoms with E-state index in [0.29, 0.717) is 12.3 Å². The molecule has 1 aromatic rings. The third-order valence-corrected chi connectivity index (χ3v) is 3.42. The minimum absolute atomic E-state index is 0.117. The van der Waals surface area contributed by atoms with Gasteiger partial charge in [0.1, 0.15) is 5.76 Å². The lowest BCUT2D eigenvalue weighted by molar-refractivity contribution is 0.0915. The Bertz CT molecular complexity index is 400. The second-order valence-electron chi connectivity index (χ2n) is 5.21. The van der Waals surface area contributed by atoms with Crippen LogP contribution in [0.5, 0.6) is 0 Å². The van der Waals surface area contributed by atoms with Crippen LogP contribution >= 0.6 is 0 Å². The van der Waals surface area contributed by atoms with Crippen LogP contribution in [0.2, 0.25) is 0 Å². The van der Waals surface area contributed by atoms with Gasteiger partial charge in [-0.1, -0.05) is 6.92 Å². The van der Waals surface area contributed by atoms with E-state index < -0.39 is 0 Å². The molecule has 1 N–H and O–H groups in total. The largest absolute Gasteiger partial charge is 0.456 e. The summed E-state index contributed by atoms with van der Waals surface area (Å²) in [5.74, 6) is 1.83. The van der Waals surface area contributed by atoms with Crippen LogP contribution in [0.1, 0.15) is 36.1 Å². The van der Waals surface area contributed by atoms with Crippen LogP contribution in [-0.4, -0.2) is 37.0 Å². The molecule has 0 saturated carbocycles. The van der Waals surface area contributed by atoms with Crippen LogP contribution in [0.4, 0.5) is 0 Å². The zero-order valence-electron chi connectivity index (χ0n) is 11.2. The molecule has 0 spiro atoms. The molecule has 0 aromatic carbocycles. The summed E-state index contributed by atoms with van der Waals surface area (Å²) in [4.78, 5) is 14.2.